The minimum absolute atomic E-state index is 0.655. The molecule has 0 aliphatic carbocycles. The second-order valence-electron chi connectivity index (χ2n) is 3.60. The highest BCUT2D eigenvalue weighted by Gasteiger charge is 2.20. The average molecular weight is 165 g/mol. The van der Waals surface area contributed by atoms with E-state index in [9.17, 15) is 5.11 Å². The highest BCUT2D eigenvalue weighted by Crippen LogP contribution is 2.28. The maximum Gasteiger partial charge on any atom is 0.0862 e. The molecule has 0 saturated carbocycles. The fourth-order valence-corrected chi connectivity index (χ4v) is 1.53. The summed E-state index contributed by atoms with van der Waals surface area (Å²) in [5.41, 5.74) is 7.41. The van der Waals surface area contributed by atoms with E-state index in [0.717, 1.165) is 11.1 Å². The molecule has 0 unspecified atom stereocenters. The van der Waals surface area contributed by atoms with Crippen molar-refractivity contribution in [3.63, 3.8) is 0 Å². The molecule has 1 aromatic carbocycles. The van der Waals surface area contributed by atoms with E-state index in [1.54, 1.807) is 19.9 Å². The van der Waals surface area contributed by atoms with Crippen molar-refractivity contribution in [2.75, 3.05) is 5.73 Å². The van der Waals surface area contributed by atoms with E-state index in [2.05, 4.69) is 0 Å². The van der Waals surface area contributed by atoms with Gasteiger partial charge in [0.05, 0.1) is 5.60 Å². The molecule has 0 spiro atoms. The molecule has 2 nitrogen and oxygen atoms in total. The SMILES string of the molecule is Cc1cccc(N)c1C(C)(C)O. The Morgan fingerprint density at radius 2 is 1.92 bits per heavy atom. The zero-order valence-corrected chi connectivity index (χ0v) is 7.76. The predicted molar refractivity (Wildman–Crippen MR) is 50.8 cm³/mol. The summed E-state index contributed by atoms with van der Waals surface area (Å²) in [6, 6.07) is 5.64. The van der Waals surface area contributed by atoms with E-state index < -0.39 is 5.60 Å². The van der Waals surface area contributed by atoms with Crippen LogP contribution in [-0.2, 0) is 5.60 Å². The smallest absolute Gasteiger partial charge is 0.0862 e. The first kappa shape index (κ1) is 9.07. The zero-order valence-electron chi connectivity index (χ0n) is 7.76. The Morgan fingerprint density at radius 3 is 2.25 bits per heavy atom. The number of aliphatic hydroxyl groups is 1. The molecule has 1 aromatic rings. The number of rotatable bonds is 1. The molecule has 1 rings (SSSR count). The normalized spacial score (nSPS) is 11.7. The van der Waals surface area contributed by atoms with Crippen molar-refractivity contribution in [1.82, 2.24) is 0 Å². The van der Waals surface area contributed by atoms with Gasteiger partial charge in [-0.05, 0) is 32.4 Å². The molecule has 0 radical (unpaired) electrons. The van der Waals surface area contributed by atoms with Crippen molar-refractivity contribution in [3.05, 3.63) is 29.3 Å². The van der Waals surface area contributed by atoms with Gasteiger partial charge in [0.2, 0.25) is 0 Å². The van der Waals surface area contributed by atoms with E-state index >= 15 is 0 Å². The van der Waals surface area contributed by atoms with Crippen LogP contribution in [0.25, 0.3) is 0 Å². The molecule has 0 saturated heterocycles. The number of hydrogen-bond acceptors (Lipinski definition) is 2. The summed E-state index contributed by atoms with van der Waals surface area (Å²) in [6.45, 7) is 5.43. The highest BCUT2D eigenvalue weighted by molar-refractivity contribution is 5.53. The van der Waals surface area contributed by atoms with Gasteiger partial charge in [-0.15, -0.1) is 0 Å². The van der Waals surface area contributed by atoms with E-state index in [-0.39, 0.29) is 0 Å². The number of benzene rings is 1. The molecule has 66 valence electrons. The average Bonchev–Trinajstić information content (AvgIpc) is 1.82. The van der Waals surface area contributed by atoms with Crippen LogP contribution in [0.15, 0.2) is 18.2 Å². The third-order valence-corrected chi connectivity index (χ3v) is 1.92. The fraction of sp³-hybridized carbons (Fsp3) is 0.400. The Kier molecular flexibility index (Phi) is 2.11. The van der Waals surface area contributed by atoms with Crippen LogP contribution in [0.3, 0.4) is 0 Å². The van der Waals surface area contributed by atoms with Crippen LogP contribution in [0.4, 0.5) is 5.69 Å². The zero-order chi connectivity index (χ0) is 9.35. The fourth-order valence-electron chi connectivity index (χ4n) is 1.53. The summed E-state index contributed by atoms with van der Waals surface area (Å²) >= 11 is 0. The minimum atomic E-state index is -0.852. The Balaban J connectivity index is 3.31. The van der Waals surface area contributed by atoms with Crippen LogP contribution in [0.5, 0.6) is 0 Å². The first-order valence-corrected chi connectivity index (χ1v) is 4.01. The molecule has 0 fully saturated rings. The molecule has 0 aromatic heterocycles. The number of hydrogen-bond donors (Lipinski definition) is 2. The van der Waals surface area contributed by atoms with Gasteiger partial charge in [-0.1, -0.05) is 12.1 Å². The van der Waals surface area contributed by atoms with Crippen molar-refractivity contribution < 1.29 is 5.11 Å². The molecule has 0 aliphatic rings. The molecule has 0 bridgehead atoms. The second-order valence-corrected chi connectivity index (χ2v) is 3.60. The molecular formula is C10H15NO. The predicted octanol–water partition coefficient (Wildman–Crippen LogP) is 1.80. The van der Waals surface area contributed by atoms with Gasteiger partial charge in [0.1, 0.15) is 0 Å². The van der Waals surface area contributed by atoms with Crippen LogP contribution in [0.2, 0.25) is 0 Å². The molecule has 0 atom stereocenters. The maximum atomic E-state index is 9.77. The summed E-state index contributed by atoms with van der Waals surface area (Å²) in [4.78, 5) is 0. The molecule has 0 heterocycles. The number of aryl methyl sites for hydroxylation is 1. The van der Waals surface area contributed by atoms with E-state index in [1.165, 1.54) is 0 Å². The minimum Gasteiger partial charge on any atom is -0.398 e. The van der Waals surface area contributed by atoms with Crippen LogP contribution in [-0.4, -0.2) is 5.11 Å². The number of nitrogens with two attached hydrogens (primary N) is 1. The topological polar surface area (TPSA) is 46.2 Å². The maximum absolute atomic E-state index is 9.77. The van der Waals surface area contributed by atoms with Crippen LogP contribution in [0.1, 0.15) is 25.0 Å². The second kappa shape index (κ2) is 2.79. The van der Waals surface area contributed by atoms with Crippen molar-refractivity contribution in [1.29, 1.82) is 0 Å². The first-order valence-electron chi connectivity index (χ1n) is 4.01. The first-order chi connectivity index (χ1) is 5.43. The van der Waals surface area contributed by atoms with Gasteiger partial charge in [-0.2, -0.15) is 0 Å². The number of anilines is 1. The molecule has 0 amide bonds. The molecule has 3 N–H and O–H groups in total. The third-order valence-electron chi connectivity index (χ3n) is 1.92. The van der Waals surface area contributed by atoms with Crippen molar-refractivity contribution in [2.24, 2.45) is 0 Å². The van der Waals surface area contributed by atoms with Gasteiger partial charge in [-0.25, -0.2) is 0 Å². The molecular weight excluding hydrogens is 150 g/mol. The lowest BCUT2D eigenvalue weighted by atomic mass is 9.92. The summed E-state index contributed by atoms with van der Waals surface area (Å²) in [5.74, 6) is 0. The summed E-state index contributed by atoms with van der Waals surface area (Å²) in [7, 11) is 0. The lowest BCUT2D eigenvalue weighted by Gasteiger charge is -2.22. The quantitative estimate of drug-likeness (QED) is 0.623. The largest absolute Gasteiger partial charge is 0.398 e. The Hall–Kier alpha value is -1.02. The van der Waals surface area contributed by atoms with Gasteiger partial charge in [0.25, 0.3) is 0 Å². The van der Waals surface area contributed by atoms with Crippen LogP contribution in [0, 0.1) is 6.92 Å². The van der Waals surface area contributed by atoms with Crippen molar-refractivity contribution >= 4 is 5.69 Å². The highest BCUT2D eigenvalue weighted by atomic mass is 16.3. The third kappa shape index (κ3) is 1.59. The standard InChI is InChI=1S/C10H15NO/c1-7-5-4-6-8(11)9(7)10(2,3)12/h4-6,12H,11H2,1-3H3. The van der Waals surface area contributed by atoms with Gasteiger partial charge < -0.3 is 10.8 Å². The Bertz CT molecular complexity index is 266. The van der Waals surface area contributed by atoms with Gasteiger partial charge in [0, 0.05) is 11.3 Å². The molecule has 12 heavy (non-hydrogen) atoms. The van der Waals surface area contributed by atoms with Crippen LogP contribution < -0.4 is 5.73 Å². The molecule has 2 heteroatoms. The van der Waals surface area contributed by atoms with Gasteiger partial charge in [0.15, 0.2) is 0 Å². The lowest BCUT2D eigenvalue weighted by molar-refractivity contribution is 0.0787. The van der Waals surface area contributed by atoms with E-state index in [1.807, 2.05) is 19.1 Å². The number of nitrogen functional groups attached to an aromatic ring is 1. The summed E-state index contributed by atoms with van der Waals surface area (Å²) in [6.07, 6.45) is 0. The summed E-state index contributed by atoms with van der Waals surface area (Å²) < 4.78 is 0. The van der Waals surface area contributed by atoms with E-state index in [4.69, 9.17) is 5.73 Å². The van der Waals surface area contributed by atoms with Crippen LogP contribution >= 0.6 is 0 Å². The summed E-state index contributed by atoms with van der Waals surface area (Å²) in [5, 5.41) is 9.77. The monoisotopic (exact) mass is 165 g/mol. The Morgan fingerprint density at radius 1 is 1.33 bits per heavy atom. The molecule has 0 aliphatic heterocycles. The van der Waals surface area contributed by atoms with Crippen molar-refractivity contribution in [3.8, 4) is 0 Å². The van der Waals surface area contributed by atoms with Crippen molar-refractivity contribution in [2.45, 2.75) is 26.4 Å². The Labute approximate surface area is 73.0 Å². The van der Waals surface area contributed by atoms with Gasteiger partial charge in [-0.3, -0.25) is 0 Å². The van der Waals surface area contributed by atoms with E-state index in [0.29, 0.717) is 5.69 Å². The van der Waals surface area contributed by atoms with Gasteiger partial charge >= 0.3 is 0 Å². The lowest BCUT2D eigenvalue weighted by Crippen LogP contribution is -2.19.